The number of unbranched alkanes of at least 4 members (excludes halogenated alkanes) is 2. The summed E-state index contributed by atoms with van der Waals surface area (Å²) in [5.74, 6) is 1.20. The molecule has 7 heteroatoms. The van der Waals surface area contributed by atoms with Gasteiger partial charge in [-0.25, -0.2) is 4.68 Å². The lowest BCUT2D eigenvalue weighted by Gasteiger charge is -2.11. The Balaban J connectivity index is 1.90. The van der Waals surface area contributed by atoms with Crippen molar-refractivity contribution in [3.8, 4) is 11.8 Å². The molecule has 0 unspecified atom stereocenters. The van der Waals surface area contributed by atoms with Crippen molar-refractivity contribution in [2.24, 2.45) is 4.99 Å². The second-order valence-electron chi connectivity index (χ2n) is 6.30. The third kappa shape index (κ3) is 5.74. The summed E-state index contributed by atoms with van der Waals surface area (Å²) in [6.45, 7) is 3.86. The molecular weight excluding hydrogens is 338 g/mol. The van der Waals surface area contributed by atoms with Gasteiger partial charge in [-0.3, -0.25) is 4.99 Å². The van der Waals surface area contributed by atoms with E-state index in [2.05, 4.69) is 33.7 Å². The summed E-state index contributed by atoms with van der Waals surface area (Å²) in [6, 6.07) is 11.8. The number of para-hydroxylation sites is 1. The summed E-state index contributed by atoms with van der Waals surface area (Å²) in [5, 5.41) is 20.6. The van der Waals surface area contributed by atoms with Crippen LogP contribution in [0.1, 0.15) is 43.9 Å². The molecule has 0 amide bonds. The Bertz CT molecular complexity index is 772. The van der Waals surface area contributed by atoms with Crippen LogP contribution in [0.25, 0.3) is 5.69 Å². The van der Waals surface area contributed by atoms with E-state index < -0.39 is 0 Å². The Labute approximate surface area is 161 Å². The van der Waals surface area contributed by atoms with Gasteiger partial charge in [-0.2, -0.15) is 10.4 Å². The second kappa shape index (κ2) is 10.9. The van der Waals surface area contributed by atoms with Crippen LogP contribution in [0, 0.1) is 11.3 Å². The maximum absolute atomic E-state index is 9.46. The molecule has 27 heavy (non-hydrogen) atoms. The maximum Gasteiger partial charge on any atom is 0.190 e. The molecular formula is C20H29N7. The highest BCUT2D eigenvalue weighted by Gasteiger charge is 2.16. The molecule has 0 aliphatic heterocycles. The van der Waals surface area contributed by atoms with Crippen molar-refractivity contribution in [1.82, 2.24) is 20.4 Å². The van der Waals surface area contributed by atoms with Crippen LogP contribution < -0.4 is 16.4 Å². The van der Waals surface area contributed by atoms with Crippen LogP contribution in [0.2, 0.25) is 0 Å². The first-order valence-electron chi connectivity index (χ1n) is 9.48. The fourth-order valence-electron chi connectivity index (χ4n) is 2.81. The van der Waals surface area contributed by atoms with Crippen molar-refractivity contribution in [2.45, 2.75) is 39.0 Å². The summed E-state index contributed by atoms with van der Waals surface area (Å²) >= 11 is 0. The predicted octanol–water partition coefficient (Wildman–Crippen LogP) is 2.61. The number of nitrogens with two attached hydrogens (primary N) is 1. The molecule has 2 rings (SSSR count). The molecule has 2 aromatic rings. The van der Waals surface area contributed by atoms with Crippen molar-refractivity contribution >= 4 is 11.8 Å². The Kier molecular flexibility index (Phi) is 8.17. The number of benzene rings is 1. The topological polar surface area (TPSA) is 104 Å². The van der Waals surface area contributed by atoms with Crippen molar-refractivity contribution < 1.29 is 0 Å². The van der Waals surface area contributed by atoms with Gasteiger partial charge in [0, 0.05) is 20.1 Å². The number of aryl methyl sites for hydroxylation is 1. The molecule has 0 bridgehead atoms. The molecule has 0 fully saturated rings. The highest BCUT2D eigenvalue weighted by molar-refractivity contribution is 5.79. The smallest absolute Gasteiger partial charge is 0.190 e. The SMILES string of the molecule is CCCCCNC(=NC)NCCCc1nn(-c2ccccc2)c(N)c1C#N. The first-order chi connectivity index (χ1) is 13.2. The number of hydrogen-bond acceptors (Lipinski definition) is 4. The summed E-state index contributed by atoms with van der Waals surface area (Å²) in [6.07, 6.45) is 5.06. The van der Waals surface area contributed by atoms with E-state index in [4.69, 9.17) is 5.73 Å². The predicted molar refractivity (Wildman–Crippen MR) is 110 cm³/mol. The van der Waals surface area contributed by atoms with Crippen molar-refractivity contribution in [1.29, 1.82) is 5.26 Å². The monoisotopic (exact) mass is 367 g/mol. The van der Waals surface area contributed by atoms with Crippen LogP contribution >= 0.6 is 0 Å². The number of nitriles is 1. The lowest BCUT2D eigenvalue weighted by Crippen LogP contribution is -2.38. The fourth-order valence-corrected chi connectivity index (χ4v) is 2.81. The molecule has 1 aromatic heterocycles. The Morgan fingerprint density at radius 2 is 1.89 bits per heavy atom. The zero-order valence-electron chi connectivity index (χ0n) is 16.2. The van der Waals surface area contributed by atoms with E-state index in [0.29, 0.717) is 17.8 Å². The summed E-state index contributed by atoms with van der Waals surface area (Å²) in [7, 11) is 1.77. The Morgan fingerprint density at radius 1 is 1.19 bits per heavy atom. The minimum absolute atomic E-state index is 0.389. The van der Waals surface area contributed by atoms with E-state index in [-0.39, 0.29) is 0 Å². The van der Waals surface area contributed by atoms with Crippen molar-refractivity contribution in [3.63, 3.8) is 0 Å². The van der Waals surface area contributed by atoms with Crippen molar-refractivity contribution in [2.75, 3.05) is 25.9 Å². The lowest BCUT2D eigenvalue weighted by atomic mass is 10.1. The van der Waals surface area contributed by atoms with Gasteiger partial charge >= 0.3 is 0 Å². The van der Waals surface area contributed by atoms with E-state index in [1.165, 1.54) is 12.8 Å². The molecule has 0 saturated carbocycles. The number of nitrogens with one attached hydrogen (secondary N) is 2. The summed E-state index contributed by atoms with van der Waals surface area (Å²) < 4.78 is 1.63. The number of hydrogen-bond donors (Lipinski definition) is 3. The van der Waals surface area contributed by atoms with Crippen LogP contribution in [-0.4, -0.2) is 35.9 Å². The van der Waals surface area contributed by atoms with E-state index in [1.54, 1.807) is 11.7 Å². The average molecular weight is 368 g/mol. The lowest BCUT2D eigenvalue weighted by molar-refractivity contribution is 0.674. The Hall–Kier alpha value is -3.01. The van der Waals surface area contributed by atoms with Gasteiger partial charge in [0.05, 0.1) is 11.4 Å². The maximum atomic E-state index is 9.46. The zero-order chi connectivity index (χ0) is 19.5. The van der Waals surface area contributed by atoms with Crippen LogP contribution in [0.4, 0.5) is 5.82 Å². The normalized spacial score (nSPS) is 11.2. The van der Waals surface area contributed by atoms with Gasteiger partial charge in [0.25, 0.3) is 0 Å². The summed E-state index contributed by atoms with van der Waals surface area (Å²) in [4.78, 5) is 4.22. The van der Waals surface area contributed by atoms with Crippen LogP contribution in [0.15, 0.2) is 35.3 Å². The van der Waals surface area contributed by atoms with Crippen LogP contribution in [0.5, 0.6) is 0 Å². The number of nitrogen functional groups attached to an aromatic ring is 1. The molecule has 0 saturated heterocycles. The molecule has 1 heterocycles. The van der Waals surface area contributed by atoms with Gasteiger partial charge in [0.2, 0.25) is 0 Å². The third-order valence-electron chi connectivity index (χ3n) is 4.29. The second-order valence-corrected chi connectivity index (χ2v) is 6.30. The Morgan fingerprint density at radius 3 is 2.52 bits per heavy atom. The molecule has 0 radical (unpaired) electrons. The van der Waals surface area contributed by atoms with Gasteiger partial charge in [0.1, 0.15) is 17.5 Å². The largest absolute Gasteiger partial charge is 0.382 e. The van der Waals surface area contributed by atoms with Gasteiger partial charge in [0.15, 0.2) is 5.96 Å². The minimum Gasteiger partial charge on any atom is -0.382 e. The standard InChI is InChI=1S/C20H29N7/c1-3-4-8-13-24-20(23-2)25-14-9-12-18-17(15-21)19(22)27(26-18)16-10-6-5-7-11-16/h5-7,10-11H,3-4,8-9,12-14,22H2,1-2H3,(H2,23,24,25). The van der Waals surface area contributed by atoms with Gasteiger partial charge in [-0.1, -0.05) is 38.0 Å². The molecule has 0 aliphatic rings. The van der Waals surface area contributed by atoms with E-state index in [0.717, 1.165) is 43.3 Å². The molecule has 0 atom stereocenters. The molecule has 4 N–H and O–H groups in total. The fraction of sp³-hybridized carbons (Fsp3) is 0.450. The number of aromatic nitrogens is 2. The third-order valence-corrected chi connectivity index (χ3v) is 4.29. The molecule has 1 aromatic carbocycles. The number of aliphatic imine (C=N–C) groups is 1. The molecule has 0 spiro atoms. The number of anilines is 1. The van der Waals surface area contributed by atoms with Crippen molar-refractivity contribution in [3.05, 3.63) is 41.6 Å². The van der Waals surface area contributed by atoms with Gasteiger partial charge in [-0.15, -0.1) is 0 Å². The number of guanidine groups is 1. The number of rotatable bonds is 9. The highest BCUT2D eigenvalue weighted by Crippen LogP contribution is 2.21. The molecule has 144 valence electrons. The van der Waals surface area contributed by atoms with Crippen LogP contribution in [-0.2, 0) is 6.42 Å². The van der Waals surface area contributed by atoms with E-state index >= 15 is 0 Å². The number of nitrogens with zero attached hydrogens (tertiary/aromatic N) is 4. The van der Waals surface area contributed by atoms with Crippen LogP contribution in [0.3, 0.4) is 0 Å². The minimum atomic E-state index is 0.389. The zero-order valence-corrected chi connectivity index (χ0v) is 16.2. The van der Waals surface area contributed by atoms with E-state index in [9.17, 15) is 5.26 Å². The van der Waals surface area contributed by atoms with Gasteiger partial charge in [-0.05, 0) is 31.4 Å². The quantitative estimate of drug-likeness (QED) is 0.359. The first kappa shape index (κ1) is 20.3. The highest BCUT2D eigenvalue weighted by atomic mass is 15.3. The average Bonchev–Trinajstić information content (AvgIpc) is 3.02. The first-order valence-corrected chi connectivity index (χ1v) is 9.48. The molecule has 7 nitrogen and oxygen atoms in total. The van der Waals surface area contributed by atoms with E-state index in [1.807, 2.05) is 30.3 Å². The van der Waals surface area contributed by atoms with Gasteiger partial charge < -0.3 is 16.4 Å². The molecule has 0 aliphatic carbocycles. The summed E-state index contributed by atoms with van der Waals surface area (Å²) in [5.41, 5.74) is 8.18.